The highest BCUT2D eigenvalue weighted by molar-refractivity contribution is 7.10. The summed E-state index contributed by atoms with van der Waals surface area (Å²) in [5, 5.41) is 10.8. The molecule has 4 nitrogen and oxygen atoms in total. The molecular weight excluding hydrogens is 226 g/mol. The van der Waals surface area contributed by atoms with E-state index < -0.39 is 11.9 Å². The highest BCUT2D eigenvalue weighted by atomic mass is 32.1. The van der Waals surface area contributed by atoms with Crippen molar-refractivity contribution in [3.05, 3.63) is 22.4 Å². The Balaban J connectivity index is 2.11. The first-order valence-electron chi connectivity index (χ1n) is 5.15. The van der Waals surface area contributed by atoms with Gasteiger partial charge in [0, 0.05) is 17.8 Å². The summed E-state index contributed by atoms with van der Waals surface area (Å²) >= 11 is 1.59. The maximum atomic E-state index is 11.7. The van der Waals surface area contributed by atoms with Crippen LogP contribution in [-0.2, 0) is 9.59 Å². The van der Waals surface area contributed by atoms with Gasteiger partial charge in [-0.15, -0.1) is 11.3 Å². The van der Waals surface area contributed by atoms with Crippen molar-refractivity contribution in [2.75, 3.05) is 6.54 Å². The van der Waals surface area contributed by atoms with Gasteiger partial charge in [-0.25, -0.2) is 0 Å². The van der Waals surface area contributed by atoms with E-state index in [1.54, 1.807) is 16.2 Å². The Bertz CT molecular complexity index is 401. The minimum atomic E-state index is -0.880. The summed E-state index contributed by atoms with van der Waals surface area (Å²) in [6.45, 7) is 2.27. The summed E-state index contributed by atoms with van der Waals surface area (Å²) in [5.41, 5.74) is 0. The molecule has 0 aromatic carbocycles. The average molecular weight is 239 g/mol. The molecule has 0 radical (unpaired) electrons. The molecule has 1 aromatic rings. The first-order valence-corrected chi connectivity index (χ1v) is 6.03. The van der Waals surface area contributed by atoms with Gasteiger partial charge in [0.25, 0.3) is 0 Å². The third-order valence-corrected chi connectivity index (χ3v) is 3.97. The number of carboxylic acid groups (broad SMARTS) is 1. The lowest BCUT2D eigenvalue weighted by molar-refractivity contribution is -0.141. The standard InChI is InChI=1S/C11H13NO3S/c1-7(9-3-2-4-16-9)12-6-8(11(14)15)5-10(12)13/h2-4,7-8H,5-6H2,1H3,(H,14,15). The van der Waals surface area contributed by atoms with Crippen LogP contribution in [0.5, 0.6) is 0 Å². The molecule has 2 rings (SSSR count). The van der Waals surface area contributed by atoms with Gasteiger partial charge in [0.05, 0.1) is 12.0 Å². The van der Waals surface area contributed by atoms with Crippen LogP contribution in [0.3, 0.4) is 0 Å². The smallest absolute Gasteiger partial charge is 0.308 e. The Morgan fingerprint density at radius 3 is 2.94 bits per heavy atom. The molecule has 0 bridgehead atoms. The highest BCUT2D eigenvalue weighted by Gasteiger charge is 2.37. The lowest BCUT2D eigenvalue weighted by Gasteiger charge is -2.23. The fraction of sp³-hybridized carbons (Fsp3) is 0.455. The summed E-state index contributed by atoms with van der Waals surface area (Å²) in [5.74, 6) is -1.49. The van der Waals surface area contributed by atoms with Gasteiger partial charge in [-0.2, -0.15) is 0 Å². The largest absolute Gasteiger partial charge is 0.481 e. The molecule has 0 spiro atoms. The molecule has 0 aliphatic carbocycles. The van der Waals surface area contributed by atoms with Gasteiger partial charge >= 0.3 is 5.97 Å². The van der Waals surface area contributed by atoms with Crippen LogP contribution >= 0.6 is 11.3 Å². The molecule has 1 saturated heterocycles. The van der Waals surface area contributed by atoms with E-state index >= 15 is 0 Å². The van der Waals surface area contributed by atoms with Crippen molar-refractivity contribution in [3.8, 4) is 0 Å². The van der Waals surface area contributed by atoms with Gasteiger partial charge in [-0.3, -0.25) is 9.59 Å². The number of nitrogens with zero attached hydrogens (tertiary/aromatic N) is 1. The number of thiophene rings is 1. The Morgan fingerprint density at radius 1 is 1.69 bits per heavy atom. The second kappa shape index (κ2) is 4.25. The quantitative estimate of drug-likeness (QED) is 0.874. The van der Waals surface area contributed by atoms with Crippen molar-refractivity contribution < 1.29 is 14.7 Å². The lowest BCUT2D eigenvalue weighted by Crippen LogP contribution is -2.28. The van der Waals surface area contributed by atoms with Crippen molar-refractivity contribution in [1.29, 1.82) is 0 Å². The first kappa shape index (κ1) is 11.1. The van der Waals surface area contributed by atoms with Crippen molar-refractivity contribution in [3.63, 3.8) is 0 Å². The van der Waals surface area contributed by atoms with E-state index in [-0.39, 0.29) is 18.4 Å². The SMILES string of the molecule is CC(c1cccs1)N1CC(C(=O)O)CC1=O. The highest BCUT2D eigenvalue weighted by Crippen LogP contribution is 2.30. The zero-order valence-corrected chi connectivity index (χ0v) is 9.74. The van der Waals surface area contributed by atoms with Crippen LogP contribution in [0.15, 0.2) is 17.5 Å². The van der Waals surface area contributed by atoms with E-state index in [9.17, 15) is 9.59 Å². The predicted molar refractivity (Wildman–Crippen MR) is 60.2 cm³/mol. The molecule has 1 fully saturated rings. The molecular formula is C11H13NO3S. The van der Waals surface area contributed by atoms with Gasteiger partial charge in [0.1, 0.15) is 0 Å². The molecule has 2 unspecified atom stereocenters. The number of hydrogen-bond donors (Lipinski definition) is 1. The van der Waals surface area contributed by atoms with Crippen molar-refractivity contribution >= 4 is 23.2 Å². The number of likely N-dealkylation sites (tertiary alicyclic amines) is 1. The molecule has 1 amide bonds. The summed E-state index contributed by atoms with van der Waals surface area (Å²) < 4.78 is 0. The van der Waals surface area contributed by atoms with Crippen LogP contribution in [0, 0.1) is 5.92 Å². The average Bonchev–Trinajstić information content (AvgIpc) is 2.84. The zero-order valence-electron chi connectivity index (χ0n) is 8.92. The number of carbonyl (C=O) groups excluding carboxylic acids is 1. The van der Waals surface area contributed by atoms with Crippen LogP contribution in [0.4, 0.5) is 0 Å². The molecule has 1 aliphatic heterocycles. The summed E-state index contributed by atoms with van der Waals surface area (Å²) in [7, 11) is 0. The van der Waals surface area contributed by atoms with E-state index in [1.807, 2.05) is 24.4 Å². The molecule has 2 atom stereocenters. The monoisotopic (exact) mass is 239 g/mol. The Kier molecular flexibility index (Phi) is 2.96. The number of hydrogen-bond acceptors (Lipinski definition) is 3. The summed E-state index contributed by atoms with van der Waals surface area (Å²) in [6.07, 6.45) is 0.130. The van der Waals surface area contributed by atoms with E-state index in [0.29, 0.717) is 6.54 Å². The zero-order chi connectivity index (χ0) is 11.7. The third kappa shape index (κ3) is 1.95. The van der Waals surface area contributed by atoms with Crippen LogP contribution in [0.1, 0.15) is 24.3 Å². The summed E-state index contributed by atoms with van der Waals surface area (Å²) in [6, 6.07) is 3.89. The third-order valence-electron chi connectivity index (χ3n) is 2.93. The van der Waals surface area contributed by atoms with E-state index in [2.05, 4.69) is 0 Å². The van der Waals surface area contributed by atoms with Gasteiger partial charge in [-0.1, -0.05) is 6.07 Å². The fourth-order valence-corrected chi connectivity index (χ4v) is 2.75. The second-order valence-corrected chi connectivity index (χ2v) is 4.96. The molecule has 1 N–H and O–H groups in total. The van der Waals surface area contributed by atoms with Crippen molar-refractivity contribution in [1.82, 2.24) is 4.90 Å². The van der Waals surface area contributed by atoms with E-state index in [0.717, 1.165) is 4.88 Å². The molecule has 5 heteroatoms. The topological polar surface area (TPSA) is 57.6 Å². The number of aliphatic carboxylic acids is 1. The number of carbonyl (C=O) groups is 2. The molecule has 16 heavy (non-hydrogen) atoms. The van der Waals surface area contributed by atoms with Crippen LogP contribution in [-0.4, -0.2) is 28.4 Å². The Morgan fingerprint density at radius 2 is 2.44 bits per heavy atom. The van der Waals surface area contributed by atoms with Gasteiger partial charge in [-0.05, 0) is 18.4 Å². The van der Waals surface area contributed by atoms with Crippen LogP contribution < -0.4 is 0 Å². The minimum Gasteiger partial charge on any atom is -0.481 e. The van der Waals surface area contributed by atoms with Gasteiger partial charge < -0.3 is 10.0 Å². The van der Waals surface area contributed by atoms with Crippen LogP contribution in [0.2, 0.25) is 0 Å². The van der Waals surface area contributed by atoms with Gasteiger partial charge in [0.15, 0.2) is 0 Å². The Labute approximate surface area is 97.5 Å². The van der Waals surface area contributed by atoms with Gasteiger partial charge in [0.2, 0.25) is 5.91 Å². The molecule has 1 aromatic heterocycles. The molecule has 0 saturated carbocycles. The molecule has 2 heterocycles. The number of rotatable bonds is 3. The summed E-state index contributed by atoms with van der Waals surface area (Å²) in [4.78, 5) is 25.3. The van der Waals surface area contributed by atoms with Crippen LogP contribution in [0.25, 0.3) is 0 Å². The second-order valence-electron chi connectivity index (χ2n) is 3.98. The van der Waals surface area contributed by atoms with Crippen molar-refractivity contribution in [2.24, 2.45) is 5.92 Å². The minimum absolute atomic E-state index is 0.0168. The number of carboxylic acids is 1. The van der Waals surface area contributed by atoms with E-state index in [1.165, 1.54) is 0 Å². The number of amides is 1. The van der Waals surface area contributed by atoms with E-state index in [4.69, 9.17) is 5.11 Å². The fourth-order valence-electron chi connectivity index (χ4n) is 1.95. The maximum Gasteiger partial charge on any atom is 0.308 e. The maximum absolute atomic E-state index is 11.7. The molecule has 1 aliphatic rings. The van der Waals surface area contributed by atoms with Crippen molar-refractivity contribution in [2.45, 2.75) is 19.4 Å². The first-order chi connectivity index (χ1) is 7.59. The predicted octanol–water partition coefficient (Wildman–Crippen LogP) is 1.74. The normalized spacial score (nSPS) is 22.4. The molecule has 86 valence electrons. The lowest BCUT2D eigenvalue weighted by atomic mass is 10.1. The Hall–Kier alpha value is -1.36.